The number of hydrogen-bond donors (Lipinski definition) is 0. The summed E-state index contributed by atoms with van der Waals surface area (Å²) in [5.74, 6) is 3.10. The van der Waals surface area contributed by atoms with Crippen LogP contribution in [0.5, 0.6) is 0 Å². The molecule has 0 saturated carbocycles. The molecule has 0 aliphatic carbocycles. The molecule has 2 saturated heterocycles. The van der Waals surface area contributed by atoms with Crippen LogP contribution in [-0.4, -0.2) is 110 Å². The minimum Gasteiger partial charge on any atom is -0.468 e. The predicted molar refractivity (Wildman–Crippen MR) is 168 cm³/mol. The minimum absolute atomic E-state index is 0.205. The van der Waals surface area contributed by atoms with Gasteiger partial charge < -0.3 is 18.9 Å². The normalized spacial score (nSPS) is 16.9. The van der Waals surface area contributed by atoms with Crippen molar-refractivity contribution in [1.82, 2.24) is 38.9 Å². The minimum atomic E-state index is -0.646. The largest absolute Gasteiger partial charge is 0.468 e. The van der Waals surface area contributed by atoms with Crippen molar-refractivity contribution in [2.45, 2.75) is 53.1 Å². The molecule has 1 aromatic carbocycles. The summed E-state index contributed by atoms with van der Waals surface area (Å²) >= 11 is 0. The number of morpholine rings is 1. The standard InChI is InChI=1S/C29H39N9O3.C2H6/c1-6-22-30-20-9-7-8-10-21(20)38(22)28-32-25-24(26(33-28)36-15-17-41-18-16-36)31-23(34(25)4)19-35-11-13-37(14-12-35)29(2,3)27(39)40-5;1-2/h7-10H,6,11-19H2,1-5H3;1-2H3. The number of piperazine rings is 1. The summed E-state index contributed by atoms with van der Waals surface area (Å²) in [7, 11) is 3.48. The van der Waals surface area contributed by atoms with Crippen LogP contribution < -0.4 is 4.90 Å². The van der Waals surface area contributed by atoms with Crippen LogP contribution in [0, 0.1) is 0 Å². The highest BCUT2D eigenvalue weighted by molar-refractivity contribution is 5.86. The highest BCUT2D eigenvalue weighted by Crippen LogP contribution is 2.29. The van der Waals surface area contributed by atoms with Crippen LogP contribution in [0.15, 0.2) is 24.3 Å². The number of methoxy groups -OCH3 is 1. The highest BCUT2D eigenvalue weighted by Gasteiger charge is 2.37. The number of carbonyl (C=O) groups excluding carboxylic acids is 1. The lowest BCUT2D eigenvalue weighted by Gasteiger charge is -2.42. The Morgan fingerprint density at radius 3 is 2.33 bits per heavy atom. The van der Waals surface area contributed by atoms with Crippen LogP contribution >= 0.6 is 0 Å². The van der Waals surface area contributed by atoms with Gasteiger partial charge in [-0.1, -0.05) is 32.9 Å². The fourth-order valence-electron chi connectivity index (χ4n) is 5.90. The van der Waals surface area contributed by atoms with Crippen molar-refractivity contribution in [2.24, 2.45) is 7.05 Å². The second kappa shape index (κ2) is 12.9. The lowest BCUT2D eigenvalue weighted by molar-refractivity contribution is -0.154. The highest BCUT2D eigenvalue weighted by atomic mass is 16.5. The molecule has 0 unspecified atom stereocenters. The van der Waals surface area contributed by atoms with E-state index in [0.29, 0.717) is 25.7 Å². The van der Waals surface area contributed by atoms with Crippen molar-refractivity contribution in [3.8, 4) is 5.95 Å². The molecule has 43 heavy (non-hydrogen) atoms. The maximum atomic E-state index is 12.3. The average molecular weight is 592 g/mol. The van der Waals surface area contributed by atoms with Gasteiger partial charge in [-0.15, -0.1) is 0 Å². The van der Waals surface area contributed by atoms with Crippen molar-refractivity contribution in [2.75, 3.05) is 64.5 Å². The molecule has 12 nitrogen and oxygen atoms in total. The number of fused-ring (bicyclic) bond motifs is 2. The Balaban J connectivity index is 0.00000180. The van der Waals surface area contributed by atoms with E-state index in [1.54, 1.807) is 0 Å². The van der Waals surface area contributed by atoms with Crippen LogP contribution in [0.1, 0.15) is 46.3 Å². The Hall–Kier alpha value is -3.61. The SMILES string of the molecule is CC.CCc1nc2ccccc2n1-c1nc(N2CCOCC2)c2nc(CN3CCN(C(C)(C)C(=O)OC)CC3)n(C)c2n1. The van der Waals surface area contributed by atoms with Gasteiger partial charge >= 0.3 is 5.97 Å². The van der Waals surface area contributed by atoms with Gasteiger partial charge in [0.15, 0.2) is 17.0 Å². The quantitative estimate of drug-likeness (QED) is 0.298. The van der Waals surface area contributed by atoms with Crippen LogP contribution in [0.3, 0.4) is 0 Å². The maximum absolute atomic E-state index is 12.3. The summed E-state index contributed by atoms with van der Waals surface area (Å²) in [5.41, 5.74) is 2.89. The third-order valence-corrected chi connectivity index (χ3v) is 8.45. The van der Waals surface area contributed by atoms with Crippen molar-refractivity contribution in [3.05, 3.63) is 35.9 Å². The first-order valence-corrected chi connectivity index (χ1v) is 15.4. The van der Waals surface area contributed by atoms with Crippen LogP contribution in [0.4, 0.5) is 5.82 Å². The molecule has 0 amide bonds. The number of ether oxygens (including phenoxy) is 2. The van der Waals surface area contributed by atoms with Gasteiger partial charge in [0.25, 0.3) is 0 Å². The van der Waals surface area contributed by atoms with Gasteiger partial charge in [-0.2, -0.15) is 9.97 Å². The number of benzene rings is 1. The number of rotatable bonds is 7. The summed E-state index contributed by atoms with van der Waals surface area (Å²) in [6.45, 7) is 16.7. The van der Waals surface area contributed by atoms with Gasteiger partial charge in [0, 0.05) is 52.7 Å². The average Bonchev–Trinajstić information content (AvgIpc) is 3.58. The molecular formula is C31H45N9O3. The molecule has 0 spiro atoms. The number of esters is 1. The van der Waals surface area contributed by atoms with Gasteiger partial charge in [0.05, 0.1) is 37.9 Å². The molecule has 2 aliphatic rings. The molecule has 0 bridgehead atoms. The lowest BCUT2D eigenvalue weighted by Crippen LogP contribution is -2.58. The Morgan fingerprint density at radius 2 is 1.65 bits per heavy atom. The molecular weight excluding hydrogens is 546 g/mol. The third kappa shape index (κ3) is 5.83. The molecule has 2 aliphatic heterocycles. The number of imidazole rings is 2. The first kappa shape index (κ1) is 30.8. The second-order valence-corrected chi connectivity index (χ2v) is 11.2. The van der Waals surface area contributed by atoms with E-state index in [4.69, 9.17) is 29.4 Å². The summed E-state index contributed by atoms with van der Waals surface area (Å²) in [4.78, 5) is 39.4. The molecule has 6 rings (SSSR count). The van der Waals surface area contributed by atoms with E-state index in [1.807, 2.05) is 52.9 Å². The summed E-state index contributed by atoms with van der Waals surface area (Å²) in [6.07, 6.45) is 0.762. The zero-order valence-electron chi connectivity index (χ0n) is 26.6. The molecule has 0 atom stereocenters. The van der Waals surface area contributed by atoms with Crippen molar-refractivity contribution in [1.29, 1.82) is 0 Å². The van der Waals surface area contributed by atoms with Crippen LogP contribution in [-0.2, 0) is 34.3 Å². The van der Waals surface area contributed by atoms with Gasteiger partial charge in [0.1, 0.15) is 17.2 Å². The van der Waals surface area contributed by atoms with E-state index in [1.165, 1.54) is 7.11 Å². The maximum Gasteiger partial charge on any atom is 0.325 e. The van der Waals surface area contributed by atoms with Gasteiger partial charge in [-0.25, -0.2) is 9.97 Å². The molecule has 2 fully saturated rings. The number of aromatic nitrogens is 6. The Kier molecular flexibility index (Phi) is 9.28. The summed E-state index contributed by atoms with van der Waals surface area (Å²) < 4.78 is 14.9. The van der Waals surface area contributed by atoms with Gasteiger partial charge in [-0.3, -0.25) is 19.2 Å². The Morgan fingerprint density at radius 1 is 0.953 bits per heavy atom. The monoisotopic (exact) mass is 591 g/mol. The summed E-state index contributed by atoms with van der Waals surface area (Å²) in [6, 6.07) is 8.13. The second-order valence-electron chi connectivity index (χ2n) is 11.2. The molecule has 12 heteroatoms. The van der Waals surface area contributed by atoms with E-state index >= 15 is 0 Å². The van der Waals surface area contributed by atoms with E-state index in [0.717, 1.165) is 85.4 Å². The fourth-order valence-corrected chi connectivity index (χ4v) is 5.90. The molecule has 3 aromatic heterocycles. The fraction of sp³-hybridized carbons (Fsp3) is 0.581. The van der Waals surface area contributed by atoms with Crippen molar-refractivity contribution in [3.63, 3.8) is 0 Å². The lowest BCUT2D eigenvalue weighted by atomic mass is 10.0. The van der Waals surface area contributed by atoms with E-state index in [2.05, 4.69) is 36.8 Å². The first-order chi connectivity index (χ1) is 20.8. The number of para-hydroxylation sites is 2. The molecule has 4 aromatic rings. The van der Waals surface area contributed by atoms with E-state index in [9.17, 15) is 4.79 Å². The third-order valence-electron chi connectivity index (χ3n) is 8.45. The topological polar surface area (TPSA) is 107 Å². The molecule has 0 radical (unpaired) electrons. The Bertz CT molecular complexity index is 1560. The predicted octanol–water partition coefficient (Wildman–Crippen LogP) is 3.20. The Labute approximate surface area is 253 Å². The van der Waals surface area contributed by atoms with Gasteiger partial charge in [0.2, 0.25) is 5.95 Å². The number of carbonyl (C=O) groups is 1. The van der Waals surface area contributed by atoms with Crippen molar-refractivity contribution >= 4 is 34.0 Å². The van der Waals surface area contributed by atoms with Crippen molar-refractivity contribution < 1.29 is 14.3 Å². The first-order valence-electron chi connectivity index (χ1n) is 15.4. The number of hydrogen-bond acceptors (Lipinski definition) is 10. The number of nitrogens with zero attached hydrogens (tertiary/aromatic N) is 9. The molecule has 232 valence electrons. The number of anilines is 1. The van der Waals surface area contributed by atoms with Gasteiger partial charge in [-0.05, 0) is 26.0 Å². The zero-order chi connectivity index (χ0) is 30.7. The zero-order valence-corrected chi connectivity index (χ0v) is 26.6. The number of aryl methyl sites for hydroxylation is 2. The van der Waals surface area contributed by atoms with Crippen LogP contribution in [0.2, 0.25) is 0 Å². The smallest absolute Gasteiger partial charge is 0.325 e. The van der Waals surface area contributed by atoms with E-state index in [-0.39, 0.29) is 5.97 Å². The molecule has 0 N–H and O–H groups in total. The summed E-state index contributed by atoms with van der Waals surface area (Å²) in [5, 5.41) is 0. The van der Waals surface area contributed by atoms with Crippen LogP contribution in [0.25, 0.3) is 28.1 Å². The molecule has 5 heterocycles. The van der Waals surface area contributed by atoms with E-state index < -0.39 is 5.54 Å².